The van der Waals surface area contributed by atoms with E-state index in [2.05, 4.69) is 5.32 Å². The fourth-order valence-electron chi connectivity index (χ4n) is 2.78. The Balaban J connectivity index is 2.09. The Morgan fingerprint density at radius 2 is 2.35 bits per heavy atom. The van der Waals surface area contributed by atoms with E-state index in [1.54, 1.807) is 0 Å². The van der Waals surface area contributed by atoms with Crippen LogP contribution in [0.5, 0.6) is 0 Å². The number of carbonyl (C=O) groups is 1. The zero-order valence-corrected chi connectivity index (χ0v) is 12.2. The molecule has 1 aliphatic carbocycles. The summed E-state index contributed by atoms with van der Waals surface area (Å²) in [5.74, 6) is -1.13. The van der Waals surface area contributed by atoms with Gasteiger partial charge in [-0.15, -0.1) is 0 Å². The summed E-state index contributed by atoms with van der Waals surface area (Å²) in [6.45, 7) is 1.97. The minimum Gasteiger partial charge on any atom is -0.480 e. The molecule has 0 radical (unpaired) electrons. The molecular weight excluding hydrogens is 281 g/mol. The van der Waals surface area contributed by atoms with E-state index < -0.39 is 12.0 Å². The first-order valence-corrected chi connectivity index (χ1v) is 7.34. The first-order chi connectivity index (χ1) is 9.51. The van der Waals surface area contributed by atoms with Crippen molar-refractivity contribution in [1.29, 1.82) is 0 Å². The SMILES string of the molecule is CCC[C@H](N[C@H]1CCc2cc(F)cc(Cl)c2C1)C(=O)O. The molecule has 0 bridgehead atoms. The maximum atomic E-state index is 13.3. The molecular formula is C15H19ClFNO2. The third-order valence-corrected chi connectivity index (χ3v) is 4.11. The molecule has 1 aromatic carbocycles. The highest BCUT2D eigenvalue weighted by Gasteiger charge is 2.25. The second-order valence-corrected chi connectivity index (χ2v) is 5.72. The molecule has 2 N–H and O–H groups in total. The molecule has 20 heavy (non-hydrogen) atoms. The van der Waals surface area contributed by atoms with Crippen molar-refractivity contribution in [3.05, 3.63) is 34.1 Å². The first-order valence-electron chi connectivity index (χ1n) is 6.97. The normalized spacial score (nSPS) is 19.4. The molecule has 110 valence electrons. The topological polar surface area (TPSA) is 49.3 Å². The lowest BCUT2D eigenvalue weighted by molar-refractivity contribution is -0.139. The van der Waals surface area contributed by atoms with Gasteiger partial charge in [-0.25, -0.2) is 4.39 Å². The third kappa shape index (κ3) is 3.49. The molecule has 0 aromatic heterocycles. The van der Waals surface area contributed by atoms with Gasteiger partial charge in [-0.05, 0) is 48.9 Å². The van der Waals surface area contributed by atoms with E-state index in [1.165, 1.54) is 12.1 Å². The van der Waals surface area contributed by atoms with Crippen molar-refractivity contribution in [3.8, 4) is 0 Å². The molecule has 0 spiro atoms. The van der Waals surface area contributed by atoms with Gasteiger partial charge >= 0.3 is 5.97 Å². The van der Waals surface area contributed by atoms with Crippen LogP contribution in [0.3, 0.4) is 0 Å². The molecule has 0 heterocycles. The highest BCUT2D eigenvalue weighted by Crippen LogP contribution is 2.29. The first kappa shape index (κ1) is 15.3. The van der Waals surface area contributed by atoms with Crippen LogP contribution in [0.2, 0.25) is 5.02 Å². The molecule has 2 rings (SSSR count). The van der Waals surface area contributed by atoms with Gasteiger partial charge in [0.15, 0.2) is 0 Å². The van der Waals surface area contributed by atoms with E-state index in [0.717, 1.165) is 30.4 Å². The zero-order valence-electron chi connectivity index (χ0n) is 11.5. The summed E-state index contributed by atoms with van der Waals surface area (Å²) in [5, 5.41) is 12.8. The summed E-state index contributed by atoms with van der Waals surface area (Å²) in [6, 6.07) is 2.41. The monoisotopic (exact) mass is 299 g/mol. The molecule has 1 aromatic rings. The van der Waals surface area contributed by atoms with Crippen LogP contribution in [0.4, 0.5) is 4.39 Å². The second kappa shape index (κ2) is 6.55. The number of carboxylic acids is 1. The molecule has 5 heteroatoms. The lowest BCUT2D eigenvalue weighted by atomic mass is 9.87. The van der Waals surface area contributed by atoms with Crippen molar-refractivity contribution < 1.29 is 14.3 Å². The highest BCUT2D eigenvalue weighted by molar-refractivity contribution is 6.31. The number of hydrogen-bond acceptors (Lipinski definition) is 2. The minimum absolute atomic E-state index is 0.0816. The summed E-state index contributed by atoms with van der Waals surface area (Å²) in [4.78, 5) is 11.2. The van der Waals surface area contributed by atoms with Crippen molar-refractivity contribution in [2.45, 2.75) is 51.1 Å². The number of halogens is 2. The fraction of sp³-hybridized carbons (Fsp3) is 0.533. The minimum atomic E-state index is -0.817. The number of aryl methyl sites for hydroxylation is 1. The lowest BCUT2D eigenvalue weighted by Gasteiger charge is -2.29. The van der Waals surface area contributed by atoms with Crippen molar-refractivity contribution >= 4 is 17.6 Å². The van der Waals surface area contributed by atoms with Crippen LogP contribution in [-0.2, 0) is 17.6 Å². The third-order valence-electron chi connectivity index (χ3n) is 3.78. The predicted molar refractivity (Wildman–Crippen MR) is 76.7 cm³/mol. The van der Waals surface area contributed by atoms with Crippen LogP contribution in [0, 0.1) is 5.82 Å². The van der Waals surface area contributed by atoms with E-state index in [1.807, 2.05) is 6.92 Å². The number of aliphatic carboxylic acids is 1. The standard InChI is InChI=1S/C15H19ClFNO2/c1-2-3-14(15(19)20)18-11-5-4-9-6-10(17)7-13(16)12(9)8-11/h6-7,11,14,18H,2-5,8H2,1H3,(H,19,20)/t11-,14-/m0/s1. The van der Waals surface area contributed by atoms with Crippen LogP contribution < -0.4 is 5.32 Å². The average molecular weight is 300 g/mol. The largest absolute Gasteiger partial charge is 0.480 e. The Morgan fingerprint density at radius 3 is 3.00 bits per heavy atom. The number of nitrogens with one attached hydrogen (secondary N) is 1. The van der Waals surface area contributed by atoms with E-state index in [0.29, 0.717) is 17.9 Å². The summed E-state index contributed by atoms with van der Waals surface area (Å²) >= 11 is 6.09. The van der Waals surface area contributed by atoms with Gasteiger partial charge in [-0.3, -0.25) is 4.79 Å². The zero-order chi connectivity index (χ0) is 14.7. The number of benzene rings is 1. The maximum absolute atomic E-state index is 13.3. The van der Waals surface area contributed by atoms with Gasteiger partial charge in [-0.1, -0.05) is 24.9 Å². The van der Waals surface area contributed by atoms with Crippen molar-refractivity contribution in [2.24, 2.45) is 0 Å². The van der Waals surface area contributed by atoms with Crippen molar-refractivity contribution in [2.75, 3.05) is 0 Å². The molecule has 2 atom stereocenters. The van der Waals surface area contributed by atoms with Crippen LogP contribution in [-0.4, -0.2) is 23.2 Å². The van der Waals surface area contributed by atoms with E-state index >= 15 is 0 Å². The molecule has 0 aliphatic heterocycles. The fourth-order valence-corrected chi connectivity index (χ4v) is 3.08. The van der Waals surface area contributed by atoms with Crippen molar-refractivity contribution in [1.82, 2.24) is 5.32 Å². The van der Waals surface area contributed by atoms with Gasteiger partial charge in [0.1, 0.15) is 11.9 Å². The van der Waals surface area contributed by atoms with Crippen LogP contribution in [0.15, 0.2) is 12.1 Å². The Bertz CT molecular complexity index is 507. The summed E-state index contributed by atoms with van der Waals surface area (Å²) in [7, 11) is 0. The molecule has 0 saturated heterocycles. The number of carboxylic acid groups (broad SMARTS) is 1. The van der Waals surface area contributed by atoms with Gasteiger partial charge in [0, 0.05) is 11.1 Å². The highest BCUT2D eigenvalue weighted by atomic mass is 35.5. The average Bonchev–Trinajstić information content (AvgIpc) is 2.38. The van der Waals surface area contributed by atoms with Crippen LogP contribution >= 0.6 is 11.6 Å². The molecule has 1 aliphatic rings. The van der Waals surface area contributed by atoms with Crippen LogP contribution in [0.25, 0.3) is 0 Å². The lowest BCUT2D eigenvalue weighted by Crippen LogP contribution is -2.45. The molecule has 0 amide bonds. The van der Waals surface area contributed by atoms with Crippen LogP contribution in [0.1, 0.15) is 37.3 Å². The van der Waals surface area contributed by atoms with Gasteiger partial charge in [-0.2, -0.15) is 0 Å². The Morgan fingerprint density at radius 1 is 1.60 bits per heavy atom. The number of hydrogen-bond donors (Lipinski definition) is 2. The number of rotatable bonds is 5. The summed E-state index contributed by atoms with van der Waals surface area (Å²) in [6.07, 6.45) is 3.61. The van der Waals surface area contributed by atoms with E-state index in [4.69, 9.17) is 11.6 Å². The molecule has 0 saturated carbocycles. The van der Waals surface area contributed by atoms with E-state index in [9.17, 15) is 14.3 Å². The maximum Gasteiger partial charge on any atom is 0.320 e. The quantitative estimate of drug-likeness (QED) is 0.878. The summed E-state index contributed by atoms with van der Waals surface area (Å²) in [5.41, 5.74) is 1.88. The van der Waals surface area contributed by atoms with Gasteiger partial charge in [0.05, 0.1) is 0 Å². The Kier molecular flexibility index (Phi) is 5.00. The second-order valence-electron chi connectivity index (χ2n) is 5.31. The van der Waals surface area contributed by atoms with E-state index in [-0.39, 0.29) is 11.9 Å². The Labute approximate surface area is 123 Å². The Hall–Kier alpha value is -1.13. The predicted octanol–water partition coefficient (Wildman–Crippen LogP) is 3.18. The molecule has 3 nitrogen and oxygen atoms in total. The molecule has 0 unspecified atom stereocenters. The van der Waals surface area contributed by atoms with Gasteiger partial charge < -0.3 is 10.4 Å². The van der Waals surface area contributed by atoms with Gasteiger partial charge in [0.25, 0.3) is 0 Å². The van der Waals surface area contributed by atoms with Gasteiger partial charge in [0.2, 0.25) is 0 Å². The smallest absolute Gasteiger partial charge is 0.320 e. The summed E-state index contributed by atoms with van der Waals surface area (Å²) < 4.78 is 13.3. The van der Waals surface area contributed by atoms with Crippen molar-refractivity contribution in [3.63, 3.8) is 0 Å². The molecule has 0 fully saturated rings. The number of fused-ring (bicyclic) bond motifs is 1.